The number of hydrogen-bond donors (Lipinski definition) is 1. The number of hydrogen-bond acceptors (Lipinski definition) is 5. The van der Waals surface area contributed by atoms with Crippen LogP contribution in [-0.2, 0) is 0 Å². The molecule has 0 aromatic carbocycles. The normalized spacial score (nSPS) is 26.0. The second kappa shape index (κ2) is 6.26. The van der Waals surface area contributed by atoms with Crippen molar-refractivity contribution in [1.29, 1.82) is 0 Å². The van der Waals surface area contributed by atoms with Crippen LogP contribution in [0.4, 0.5) is 0 Å². The van der Waals surface area contributed by atoms with Crippen LogP contribution in [0.3, 0.4) is 0 Å². The number of aromatic nitrogens is 2. The Balaban J connectivity index is 2.24. The third-order valence-corrected chi connectivity index (χ3v) is 6.44. The molecule has 2 rings (SSSR count). The highest BCUT2D eigenvalue weighted by Crippen LogP contribution is 2.42. The zero-order valence-electron chi connectivity index (χ0n) is 11.1. The second-order valence-electron chi connectivity index (χ2n) is 4.55. The SMILES string of the molecule is CCC1SCCSC1c1ncc(C(C)O)c(C)n1. The minimum atomic E-state index is -0.491. The third kappa shape index (κ3) is 3.00. The summed E-state index contributed by atoms with van der Waals surface area (Å²) >= 11 is 4.00. The van der Waals surface area contributed by atoms with Crippen molar-refractivity contribution in [2.75, 3.05) is 11.5 Å². The van der Waals surface area contributed by atoms with Crippen LogP contribution < -0.4 is 0 Å². The molecule has 100 valence electrons. The van der Waals surface area contributed by atoms with Crippen molar-refractivity contribution in [2.45, 2.75) is 43.8 Å². The van der Waals surface area contributed by atoms with Gasteiger partial charge in [0.25, 0.3) is 0 Å². The van der Waals surface area contributed by atoms with E-state index < -0.39 is 6.10 Å². The highest BCUT2D eigenvalue weighted by atomic mass is 32.2. The molecule has 0 bridgehead atoms. The molecule has 1 saturated heterocycles. The largest absolute Gasteiger partial charge is 0.389 e. The minimum absolute atomic E-state index is 0.399. The monoisotopic (exact) mass is 284 g/mol. The Labute approximate surface area is 117 Å². The molecule has 1 aliphatic heterocycles. The van der Waals surface area contributed by atoms with Crippen molar-refractivity contribution in [2.24, 2.45) is 0 Å². The molecule has 5 heteroatoms. The Morgan fingerprint density at radius 2 is 2.17 bits per heavy atom. The maximum atomic E-state index is 9.61. The lowest BCUT2D eigenvalue weighted by molar-refractivity contribution is 0.197. The van der Waals surface area contributed by atoms with Crippen LogP contribution in [0.25, 0.3) is 0 Å². The summed E-state index contributed by atoms with van der Waals surface area (Å²) in [5, 5.41) is 10.6. The molecule has 2 heterocycles. The first-order valence-corrected chi connectivity index (χ1v) is 8.48. The van der Waals surface area contributed by atoms with E-state index in [0.717, 1.165) is 23.5 Å². The summed E-state index contributed by atoms with van der Waals surface area (Å²) in [4.78, 5) is 9.09. The molecule has 0 saturated carbocycles. The average Bonchev–Trinajstić information content (AvgIpc) is 2.38. The van der Waals surface area contributed by atoms with Crippen LogP contribution in [-0.4, -0.2) is 31.8 Å². The fourth-order valence-corrected chi connectivity index (χ4v) is 5.18. The van der Waals surface area contributed by atoms with Gasteiger partial charge in [-0.1, -0.05) is 6.92 Å². The van der Waals surface area contributed by atoms with Crippen LogP contribution in [0, 0.1) is 6.92 Å². The van der Waals surface area contributed by atoms with Gasteiger partial charge in [0.1, 0.15) is 5.82 Å². The molecule has 0 aliphatic carbocycles. The summed E-state index contributed by atoms with van der Waals surface area (Å²) in [6, 6.07) is 0. The summed E-state index contributed by atoms with van der Waals surface area (Å²) in [7, 11) is 0. The maximum Gasteiger partial charge on any atom is 0.142 e. The van der Waals surface area contributed by atoms with Crippen LogP contribution in [0.5, 0.6) is 0 Å². The molecule has 3 unspecified atom stereocenters. The highest BCUT2D eigenvalue weighted by Gasteiger charge is 2.29. The van der Waals surface area contributed by atoms with Gasteiger partial charge in [0, 0.05) is 34.2 Å². The van der Waals surface area contributed by atoms with Crippen molar-refractivity contribution >= 4 is 23.5 Å². The van der Waals surface area contributed by atoms with Crippen molar-refractivity contribution in [3.63, 3.8) is 0 Å². The van der Waals surface area contributed by atoms with Crippen molar-refractivity contribution in [3.8, 4) is 0 Å². The number of aliphatic hydroxyl groups excluding tert-OH is 1. The Morgan fingerprint density at radius 1 is 1.44 bits per heavy atom. The predicted octanol–water partition coefficient (Wildman–Crippen LogP) is 3.14. The molecule has 3 nitrogen and oxygen atoms in total. The van der Waals surface area contributed by atoms with Gasteiger partial charge in [-0.25, -0.2) is 9.97 Å². The number of aryl methyl sites for hydroxylation is 1. The maximum absolute atomic E-state index is 9.61. The first-order valence-electron chi connectivity index (χ1n) is 6.38. The lowest BCUT2D eigenvalue weighted by atomic mass is 10.1. The minimum Gasteiger partial charge on any atom is -0.389 e. The van der Waals surface area contributed by atoms with Gasteiger partial charge in [-0.15, -0.1) is 11.8 Å². The van der Waals surface area contributed by atoms with Gasteiger partial charge in [0.15, 0.2) is 0 Å². The number of aliphatic hydroxyl groups is 1. The molecule has 0 spiro atoms. The molecule has 1 aliphatic rings. The van der Waals surface area contributed by atoms with Gasteiger partial charge in [-0.3, -0.25) is 0 Å². The average molecular weight is 284 g/mol. The highest BCUT2D eigenvalue weighted by molar-refractivity contribution is 8.06. The number of thioether (sulfide) groups is 2. The first-order chi connectivity index (χ1) is 8.63. The van der Waals surface area contributed by atoms with Gasteiger partial charge < -0.3 is 5.11 Å². The van der Waals surface area contributed by atoms with Gasteiger partial charge >= 0.3 is 0 Å². The van der Waals surface area contributed by atoms with Crippen molar-refractivity contribution in [1.82, 2.24) is 9.97 Å². The van der Waals surface area contributed by atoms with Crippen LogP contribution in [0.1, 0.15) is 48.7 Å². The molecule has 1 aromatic rings. The summed E-state index contributed by atoms with van der Waals surface area (Å²) in [5.41, 5.74) is 1.74. The second-order valence-corrected chi connectivity index (χ2v) is 7.15. The summed E-state index contributed by atoms with van der Waals surface area (Å²) in [5.74, 6) is 3.33. The zero-order valence-corrected chi connectivity index (χ0v) is 12.7. The molecule has 1 N–H and O–H groups in total. The Bertz CT molecular complexity index is 412. The fourth-order valence-electron chi connectivity index (χ4n) is 2.18. The molecule has 1 aromatic heterocycles. The van der Waals surface area contributed by atoms with Gasteiger partial charge in [-0.2, -0.15) is 11.8 Å². The molecular weight excluding hydrogens is 264 g/mol. The summed E-state index contributed by atoms with van der Waals surface area (Å²) in [6.07, 6.45) is 2.45. The molecule has 18 heavy (non-hydrogen) atoms. The fraction of sp³-hybridized carbons (Fsp3) is 0.692. The van der Waals surface area contributed by atoms with E-state index in [1.165, 1.54) is 11.5 Å². The van der Waals surface area contributed by atoms with Gasteiger partial charge in [0.05, 0.1) is 11.4 Å². The molecular formula is C13H20N2OS2. The van der Waals surface area contributed by atoms with Crippen LogP contribution in [0.15, 0.2) is 6.20 Å². The van der Waals surface area contributed by atoms with Gasteiger partial charge in [-0.05, 0) is 20.3 Å². The van der Waals surface area contributed by atoms with E-state index >= 15 is 0 Å². The van der Waals surface area contributed by atoms with Crippen molar-refractivity contribution < 1.29 is 5.11 Å². The quantitative estimate of drug-likeness (QED) is 0.924. The van der Waals surface area contributed by atoms with E-state index in [1.807, 2.05) is 30.4 Å². The number of nitrogens with zero attached hydrogens (tertiary/aromatic N) is 2. The van der Waals surface area contributed by atoms with Gasteiger partial charge in [0.2, 0.25) is 0 Å². The molecule has 0 amide bonds. The molecule has 3 atom stereocenters. The predicted molar refractivity (Wildman–Crippen MR) is 79.1 cm³/mol. The van der Waals surface area contributed by atoms with Crippen molar-refractivity contribution in [3.05, 3.63) is 23.3 Å². The zero-order chi connectivity index (χ0) is 13.1. The standard InChI is InChI=1S/C13H20N2OS2/c1-4-11-12(18-6-5-17-11)13-14-7-10(9(3)16)8(2)15-13/h7,9,11-12,16H,4-6H2,1-3H3. The van der Waals surface area contributed by atoms with Crippen LogP contribution >= 0.6 is 23.5 Å². The van der Waals surface area contributed by atoms with E-state index in [2.05, 4.69) is 16.9 Å². The van der Waals surface area contributed by atoms with E-state index in [-0.39, 0.29) is 0 Å². The lowest BCUT2D eigenvalue weighted by Gasteiger charge is -2.29. The van der Waals surface area contributed by atoms with Crippen LogP contribution in [0.2, 0.25) is 0 Å². The Hall–Kier alpha value is -0.260. The van der Waals surface area contributed by atoms with E-state index in [9.17, 15) is 5.11 Å². The first kappa shape index (κ1) is 14.2. The topological polar surface area (TPSA) is 46.0 Å². The smallest absolute Gasteiger partial charge is 0.142 e. The van der Waals surface area contributed by atoms with E-state index in [0.29, 0.717) is 10.5 Å². The lowest BCUT2D eigenvalue weighted by Crippen LogP contribution is -2.21. The number of rotatable bonds is 3. The molecule has 0 radical (unpaired) electrons. The Morgan fingerprint density at radius 3 is 2.78 bits per heavy atom. The van der Waals surface area contributed by atoms with E-state index in [1.54, 1.807) is 13.1 Å². The summed E-state index contributed by atoms with van der Waals surface area (Å²) in [6.45, 7) is 5.94. The Kier molecular flexibility index (Phi) is 4.92. The molecule has 1 fully saturated rings. The van der Waals surface area contributed by atoms with E-state index in [4.69, 9.17) is 0 Å². The third-order valence-electron chi connectivity index (χ3n) is 3.19. The summed E-state index contributed by atoms with van der Waals surface area (Å²) < 4.78 is 0.